The summed E-state index contributed by atoms with van der Waals surface area (Å²) in [4.78, 5) is 0. The van der Waals surface area contributed by atoms with Crippen molar-refractivity contribution in [2.45, 2.75) is 32.7 Å². The van der Waals surface area contributed by atoms with Gasteiger partial charge in [-0.2, -0.15) is 0 Å². The monoisotopic (exact) mass is 293 g/mol. The lowest BCUT2D eigenvalue weighted by Crippen LogP contribution is -2.15. The third-order valence-corrected chi connectivity index (χ3v) is 3.29. The molecule has 0 fully saturated rings. The molecule has 0 atom stereocenters. The first-order valence-electron chi connectivity index (χ1n) is 6.76. The number of para-hydroxylation sites is 1. The topological polar surface area (TPSA) is 12.0 Å². The molecule has 0 unspecified atom stereocenters. The van der Waals surface area contributed by atoms with Crippen LogP contribution in [-0.4, -0.2) is 0 Å². The molecule has 112 valence electrons. The fourth-order valence-corrected chi connectivity index (χ4v) is 2.18. The molecule has 0 amide bonds. The van der Waals surface area contributed by atoms with Crippen molar-refractivity contribution in [1.82, 2.24) is 0 Å². The van der Waals surface area contributed by atoms with Crippen LogP contribution in [0.25, 0.3) is 0 Å². The van der Waals surface area contributed by atoms with Crippen LogP contribution in [-0.2, 0) is 12.0 Å². The van der Waals surface area contributed by atoms with E-state index in [0.717, 1.165) is 17.3 Å². The van der Waals surface area contributed by atoms with Gasteiger partial charge in [0.15, 0.2) is 11.6 Å². The number of rotatable bonds is 3. The van der Waals surface area contributed by atoms with Crippen LogP contribution in [0.3, 0.4) is 0 Å². The molecule has 1 nitrogen and oxygen atoms in total. The van der Waals surface area contributed by atoms with Crippen molar-refractivity contribution < 1.29 is 13.2 Å². The van der Waals surface area contributed by atoms with E-state index in [4.69, 9.17) is 0 Å². The summed E-state index contributed by atoms with van der Waals surface area (Å²) in [6.07, 6.45) is 0. The minimum Gasteiger partial charge on any atom is -0.381 e. The van der Waals surface area contributed by atoms with Crippen LogP contribution in [0.15, 0.2) is 36.4 Å². The van der Waals surface area contributed by atoms with E-state index in [1.54, 1.807) is 0 Å². The average molecular weight is 293 g/mol. The fourth-order valence-electron chi connectivity index (χ4n) is 2.18. The Bertz CT molecular complexity index is 645. The quantitative estimate of drug-likeness (QED) is 0.784. The van der Waals surface area contributed by atoms with E-state index in [9.17, 15) is 13.2 Å². The first-order chi connectivity index (χ1) is 9.79. The van der Waals surface area contributed by atoms with Gasteiger partial charge < -0.3 is 5.32 Å². The molecule has 0 saturated carbocycles. The molecule has 0 aliphatic carbocycles. The molecule has 4 heteroatoms. The molecule has 2 aromatic carbocycles. The molecule has 0 aliphatic rings. The van der Waals surface area contributed by atoms with Gasteiger partial charge in [-0.15, -0.1) is 0 Å². The van der Waals surface area contributed by atoms with Gasteiger partial charge in [-0.1, -0.05) is 39.0 Å². The molecule has 0 heterocycles. The van der Waals surface area contributed by atoms with Gasteiger partial charge in [0.1, 0.15) is 5.82 Å². The fraction of sp³-hybridized carbons (Fsp3) is 0.294. The van der Waals surface area contributed by atoms with Crippen molar-refractivity contribution >= 4 is 5.69 Å². The zero-order chi connectivity index (χ0) is 15.6. The summed E-state index contributed by atoms with van der Waals surface area (Å²) in [6, 6.07) is 9.14. The summed E-state index contributed by atoms with van der Waals surface area (Å²) in [5.74, 6) is -2.97. The van der Waals surface area contributed by atoms with Gasteiger partial charge in [-0.25, -0.2) is 13.2 Å². The van der Waals surface area contributed by atoms with Crippen molar-refractivity contribution in [3.63, 3.8) is 0 Å². The van der Waals surface area contributed by atoms with Gasteiger partial charge >= 0.3 is 0 Å². The average Bonchev–Trinajstić information content (AvgIpc) is 2.41. The Morgan fingerprint density at radius 3 is 2.19 bits per heavy atom. The number of benzene rings is 2. The predicted octanol–water partition coefficient (Wildman–Crippen LogP) is 5.01. The number of hydrogen-bond donors (Lipinski definition) is 1. The second-order valence-corrected chi connectivity index (χ2v) is 6.01. The number of anilines is 1. The van der Waals surface area contributed by atoms with Gasteiger partial charge in [0, 0.05) is 23.9 Å². The number of nitrogens with one attached hydrogen (secondary N) is 1. The molecular formula is C17H18F3N. The van der Waals surface area contributed by atoms with Gasteiger partial charge in [0.2, 0.25) is 0 Å². The normalized spacial score (nSPS) is 11.5. The smallest absolute Gasteiger partial charge is 0.161 e. The molecule has 21 heavy (non-hydrogen) atoms. The Labute approximate surface area is 122 Å². The Morgan fingerprint density at radius 2 is 1.52 bits per heavy atom. The van der Waals surface area contributed by atoms with Gasteiger partial charge in [0.05, 0.1) is 0 Å². The molecular weight excluding hydrogens is 275 g/mol. The second-order valence-electron chi connectivity index (χ2n) is 6.01. The number of halogens is 3. The van der Waals surface area contributed by atoms with E-state index in [1.165, 1.54) is 0 Å². The van der Waals surface area contributed by atoms with Crippen molar-refractivity contribution in [2.24, 2.45) is 0 Å². The minimum absolute atomic E-state index is 0.0732. The largest absolute Gasteiger partial charge is 0.381 e. The highest BCUT2D eigenvalue weighted by molar-refractivity contribution is 5.54. The maximum absolute atomic E-state index is 13.6. The molecule has 1 N–H and O–H groups in total. The van der Waals surface area contributed by atoms with E-state index in [0.29, 0.717) is 6.07 Å². The molecule has 0 saturated heterocycles. The molecule has 0 spiro atoms. The SMILES string of the molecule is CC(C)(C)c1ccccc1NCc1cc(F)c(F)cc1F. The predicted molar refractivity (Wildman–Crippen MR) is 78.8 cm³/mol. The van der Waals surface area contributed by atoms with Crippen LogP contribution in [0.4, 0.5) is 18.9 Å². The summed E-state index contributed by atoms with van der Waals surface area (Å²) < 4.78 is 39.7. The first kappa shape index (κ1) is 15.4. The Kier molecular flexibility index (Phi) is 4.26. The summed E-state index contributed by atoms with van der Waals surface area (Å²) in [5, 5.41) is 3.09. The highest BCUT2D eigenvalue weighted by Crippen LogP contribution is 2.29. The van der Waals surface area contributed by atoms with E-state index < -0.39 is 17.5 Å². The Morgan fingerprint density at radius 1 is 0.905 bits per heavy atom. The molecule has 0 radical (unpaired) electrons. The van der Waals surface area contributed by atoms with Crippen molar-refractivity contribution in [3.8, 4) is 0 Å². The lowest BCUT2D eigenvalue weighted by atomic mass is 9.86. The molecule has 0 aliphatic heterocycles. The third-order valence-electron chi connectivity index (χ3n) is 3.29. The number of hydrogen-bond acceptors (Lipinski definition) is 1. The second kappa shape index (κ2) is 5.80. The zero-order valence-corrected chi connectivity index (χ0v) is 12.3. The van der Waals surface area contributed by atoms with Crippen LogP contribution in [0, 0.1) is 17.5 Å². The summed E-state index contributed by atoms with van der Waals surface area (Å²) >= 11 is 0. The zero-order valence-electron chi connectivity index (χ0n) is 12.3. The lowest BCUT2D eigenvalue weighted by Gasteiger charge is -2.23. The van der Waals surface area contributed by atoms with Gasteiger partial charge in [0.25, 0.3) is 0 Å². The highest BCUT2D eigenvalue weighted by Gasteiger charge is 2.17. The van der Waals surface area contributed by atoms with Crippen LogP contribution >= 0.6 is 0 Å². The van der Waals surface area contributed by atoms with Crippen LogP contribution < -0.4 is 5.32 Å². The van der Waals surface area contributed by atoms with Gasteiger partial charge in [-0.3, -0.25) is 0 Å². The lowest BCUT2D eigenvalue weighted by molar-refractivity contribution is 0.490. The summed E-state index contributed by atoms with van der Waals surface area (Å²) in [5.41, 5.74) is 1.95. The minimum atomic E-state index is -1.17. The third kappa shape index (κ3) is 3.57. The Hall–Kier alpha value is -1.97. The molecule has 2 rings (SSSR count). The van der Waals surface area contributed by atoms with Crippen molar-refractivity contribution in [3.05, 3.63) is 65.0 Å². The van der Waals surface area contributed by atoms with Crippen molar-refractivity contribution in [2.75, 3.05) is 5.32 Å². The van der Waals surface area contributed by atoms with Crippen LogP contribution in [0.2, 0.25) is 0 Å². The maximum atomic E-state index is 13.6. The van der Waals surface area contributed by atoms with Crippen molar-refractivity contribution in [1.29, 1.82) is 0 Å². The summed E-state index contributed by atoms with van der Waals surface area (Å²) in [7, 11) is 0. The van der Waals surface area contributed by atoms with E-state index in [-0.39, 0.29) is 17.5 Å². The van der Waals surface area contributed by atoms with E-state index in [1.807, 2.05) is 24.3 Å². The first-order valence-corrected chi connectivity index (χ1v) is 6.76. The molecule has 0 aromatic heterocycles. The standard InChI is InChI=1S/C17H18F3N/c1-17(2,3)12-6-4-5-7-16(12)21-10-11-8-14(19)15(20)9-13(11)18/h4-9,21H,10H2,1-3H3. The van der Waals surface area contributed by atoms with Crippen LogP contribution in [0.5, 0.6) is 0 Å². The molecule has 0 bridgehead atoms. The van der Waals surface area contributed by atoms with E-state index >= 15 is 0 Å². The highest BCUT2D eigenvalue weighted by atomic mass is 19.2. The van der Waals surface area contributed by atoms with E-state index in [2.05, 4.69) is 26.1 Å². The van der Waals surface area contributed by atoms with Crippen LogP contribution in [0.1, 0.15) is 31.9 Å². The maximum Gasteiger partial charge on any atom is 0.161 e. The summed E-state index contributed by atoms with van der Waals surface area (Å²) in [6.45, 7) is 6.32. The molecule has 2 aromatic rings. The Balaban J connectivity index is 2.23. The van der Waals surface area contributed by atoms with Gasteiger partial charge in [-0.05, 0) is 23.1 Å².